The van der Waals surface area contributed by atoms with Crippen LogP contribution < -0.4 is 5.32 Å². The molecule has 3 aliphatic heterocycles. The molecule has 186 valence electrons. The van der Waals surface area contributed by atoms with Crippen LogP contribution in [0.15, 0.2) is 63.6 Å². The highest BCUT2D eigenvalue weighted by Gasteiger charge is 2.21. The molecule has 35 heavy (non-hydrogen) atoms. The van der Waals surface area contributed by atoms with E-state index in [-0.39, 0.29) is 5.91 Å². The van der Waals surface area contributed by atoms with Crippen molar-refractivity contribution in [3.8, 4) is 0 Å². The second-order valence-electron chi connectivity index (χ2n) is 8.68. The number of amidine groups is 2. The minimum Gasteiger partial charge on any atom is -0.373 e. The van der Waals surface area contributed by atoms with Gasteiger partial charge in [-0.25, -0.2) is 4.99 Å². The maximum absolute atomic E-state index is 12.5. The van der Waals surface area contributed by atoms with Crippen molar-refractivity contribution in [2.75, 3.05) is 59.2 Å². The SMILES string of the molecule is CN(C)CC(=O)N1CCCN(C2=CC(N/C3=N/C/C=C\C(c4cn[nH]c4)=N/CS3)=NC=CC2)CC1. The number of likely N-dealkylation sites (N-methyl/N-ethyl adjacent to an activating group) is 1. The van der Waals surface area contributed by atoms with Crippen molar-refractivity contribution in [3.05, 3.63) is 54.2 Å². The quantitative estimate of drug-likeness (QED) is 0.659. The minimum atomic E-state index is 0.193. The number of H-pyrrole nitrogens is 1. The number of rotatable bonds is 4. The van der Waals surface area contributed by atoms with Gasteiger partial charge in [0.2, 0.25) is 5.91 Å². The minimum absolute atomic E-state index is 0.193. The summed E-state index contributed by atoms with van der Waals surface area (Å²) in [6.45, 7) is 4.28. The fourth-order valence-electron chi connectivity index (χ4n) is 4.00. The van der Waals surface area contributed by atoms with Crippen LogP contribution in [0.1, 0.15) is 18.4 Å². The van der Waals surface area contributed by atoms with Crippen molar-refractivity contribution < 1.29 is 4.79 Å². The molecule has 0 bridgehead atoms. The molecule has 3 aliphatic rings. The largest absolute Gasteiger partial charge is 0.373 e. The maximum Gasteiger partial charge on any atom is 0.236 e. The van der Waals surface area contributed by atoms with Gasteiger partial charge >= 0.3 is 0 Å². The summed E-state index contributed by atoms with van der Waals surface area (Å²) in [5, 5.41) is 11.0. The lowest BCUT2D eigenvalue weighted by Crippen LogP contribution is -2.40. The predicted molar refractivity (Wildman–Crippen MR) is 143 cm³/mol. The summed E-state index contributed by atoms with van der Waals surface area (Å²) in [4.78, 5) is 32.7. The molecular formula is C24H33N9OS. The van der Waals surface area contributed by atoms with Crippen molar-refractivity contribution in [1.29, 1.82) is 0 Å². The highest BCUT2D eigenvalue weighted by Crippen LogP contribution is 2.17. The number of aromatic amines is 1. The highest BCUT2D eigenvalue weighted by molar-refractivity contribution is 8.13. The van der Waals surface area contributed by atoms with Gasteiger partial charge in [0.15, 0.2) is 5.17 Å². The number of nitrogens with one attached hydrogen (secondary N) is 2. The Balaban J connectivity index is 1.38. The molecule has 0 saturated carbocycles. The third-order valence-electron chi connectivity index (χ3n) is 5.74. The number of aliphatic imine (C=N–C) groups is 3. The van der Waals surface area contributed by atoms with Crippen LogP contribution in [0, 0.1) is 0 Å². The van der Waals surface area contributed by atoms with E-state index in [2.05, 4.69) is 47.5 Å². The summed E-state index contributed by atoms with van der Waals surface area (Å²) in [7, 11) is 3.86. The first-order valence-electron chi connectivity index (χ1n) is 11.8. The van der Waals surface area contributed by atoms with E-state index >= 15 is 0 Å². The molecule has 0 atom stereocenters. The second-order valence-corrected chi connectivity index (χ2v) is 9.61. The number of aromatic nitrogens is 2. The van der Waals surface area contributed by atoms with Gasteiger partial charge in [0.05, 0.1) is 30.9 Å². The van der Waals surface area contributed by atoms with Crippen LogP contribution >= 0.6 is 11.8 Å². The molecular weight excluding hydrogens is 462 g/mol. The van der Waals surface area contributed by atoms with Crippen LogP contribution in [0.5, 0.6) is 0 Å². The first kappa shape index (κ1) is 24.9. The van der Waals surface area contributed by atoms with Gasteiger partial charge in [-0.1, -0.05) is 23.9 Å². The van der Waals surface area contributed by atoms with Crippen molar-refractivity contribution in [1.82, 2.24) is 30.2 Å². The van der Waals surface area contributed by atoms with Gasteiger partial charge in [-0.15, -0.1) is 0 Å². The van der Waals surface area contributed by atoms with Gasteiger partial charge < -0.3 is 20.0 Å². The van der Waals surface area contributed by atoms with Crippen LogP contribution in [0.3, 0.4) is 0 Å². The van der Waals surface area contributed by atoms with E-state index in [1.54, 1.807) is 18.0 Å². The van der Waals surface area contributed by atoms with Gasteiger partial charge in [0.1, 0.15) is 5.84 Å². The van der Waals surface area contributed by atoms with E-state index in [0.29, 0.717) is 19.0 Å². The lowest BCUT2D eigenvalue weighted by atomic mass is 10.2. The summed E-state index contributed by atoms with van der Waals surface area (Å²) < 4.78 is 0. The number of carbonyl (C=O) groups is 1. The molecule has 11 heteroatoms. The third-order valence-corrected chi connectivity index (χ3v) is 6.50. The van der Waals surface area contributed by atoms with Crippen molar-refractivity contribution in [3.63, 3.8) is 0 Å². The number of allylic oxidation sites excluding steroid dienone is 2. The van der Waals surface area contributed by atoms with E-state index in [9.17, 15) is 4.79 Å². The van der Waals surface area contributed by atoms with Gasteiger partial charge in [-0.05, 0) is 26.6 Å². The Bertz CT molecular complexity index is 1050. The first-order valence-corrected chi connectivity index (χ1v) is 12.8. The molecule has 0 aromatic carbocycles. The molecule has 1 fully saturated rings. The fraction of sp³-hybridized carbons (Fsp3) is 0.458. The highest BCUT2D eigenvalue weighted by atomic mass is 32.2. The average Bonchev–Trinajstić information content (AvgIpc) is 3.16. The summed E-state index contributed by atoms with van der Waals surface area (Å²) in [5.41, 5.74) is 3.04. The Morgan fingerprint density at radius 2 is 2.11 bits per heavy atom. The van der Waals surface area contributed by atoms with E-state index in [1.165, 1.54) is 5.70 Å². The van der Waals surface area contributed by atoms with Crippen LogP contribution in [-0.2, 0) is 4.79 Å². The standard InChI is InChI=1S/C24H33N9OS/c1-31(2)17-23(34)33-11-5-10-32(12-13-33)20-6-3-8-25-22(14-20)30-24-26-9-4-7-21(27-18-35-24)19-15-28-29-16-19/h3-4,7-8,14-16H,5-6,9-13,17-18H2,1-2H3,(H,28,29)(H,25,26,30)/b7-4-,27-21+. The van der Waals surface area contributed by atoms with Gasteiger partial charge in [-0.3, -0.25) is 19.9 Å². The zero-order valence-corrected chi connectivity index (χ0v) is 21.2. The molecule has 0 spiro atoms. The number of amides is 1. The number of hydrogen-bond acceptors (Lipinski definition) is 9. The van der Waals surface area contributed by atoms with Crippen LogP contribution in [0.25, 0.3) is 0 Å². The molecule has 1 saturated heterocycles. The van der Waals surface area contributed by atoms with Crippen LogP contribution in [-0.4, -0.2) is 107 Å². The molecule has 1 aromatic rings. The Morgan fingerprint density at radius 1 is 1.20 bits per heavy atom. The topological polar surface area (TPSA) is 105 Å². The third kappa shape index (κ3) is 7.40. The van der Waals surface area contributed by atoms with Crippen LogP contribution in [0.4, 0.5) is 0 Å². The monoisotopic (exact) mass is 495 g/mol. The van der Waals surface area contributed by atoms with E-state index in [1.807, 2.05) is 48.4 Å². The first-order chi connectivity index (χ1) is 17.1. The van der Waals surface area contributed by atoms with Crippen molar-refractivity contribution in [2.24, 2.45) is 15.0 Å². The molecule has 4 rings (SSSR count). The summed E-state index contributed by atoms with van der Waals surface area (Å²) in [6, 6.07) is 0. The molecule has 1 aromatic heterocycles. The fourth-order valence-corrected chi connectivity index (χ4v) is 4.67. The molecule has 1 amide bonds. The smallest absolute Gasteiger partial charge is 0.236 e. The molecule has 2 N–H and O–H groups in total. The normalized spacial score (nSPS) is 23.4. The summed E-state index contributed by atoms with van der Waals surface area (Å²) in [5.74, 6) is 1.49. The second kappa shape index (κ2) is 12.5. The zero-order chi connectivity index (χ0) is 24.5. The van der Waals surface area contributed by atoms with Gasteiger partial charge in [0, 0.05) is 62.3 Å². The van der Waals surface area contributed by atoms with Crippen LogP contribution in [0.2, 0.25) is 0 Å². The molecule has 0 radical (unpaired) electrons. The Morgan fingerprint density at radius 3 is 2.94 bits per heavy atom. The zero-order valence-electron chi connectivity index (χ0n) is 20.4. The lowest BCUT2D eigenvalue weighted by Gasteiger charge is -2.26. The Kier molecular flexibility index (Phi) is 8.90. The summed E-state index contributed by atoms with van der Waals surface area (Å²) in [6.07, 6.45) is 15.4. The maximum atomic E-state index is 12.5. The Hall–Kier alpha value is -3.18. The summed E-state index contributed by atoms with van der Waals surface area (Å²) >= 11 is 1.55. The van der Waals surface area contributed by atoms with Gasteiger partial charge in [-0.2, -0.15) is 5.10 Å². The van der Waals surface area contributed by atoms with Crippen molar-refractivity contribution in [2.45, 2.75) is 12.8 Å². The van der Waals surface area contributed by atoms with E-state index < -0.39 is 0 Å². The predicted octanol–water partition coefficient (Wildman–Crippen LogP) is 1.70. The molecule has 4 heterocycles. The van der Waals surface area contributed by atoms with Gasteiger partial charge in [0.25, 0.3) is 0 Å². The van der Waals surface area contributed by atoms with E-state index in [4.69, 9.17) is 0 Å². The number of nitrogens with zero attached hydrogens (tertiary/aromatic N) is 7. The molecule has 0 aliphatic carbocycles. The average molecular weight is 496 g/mol. The molecule has 0 unspecified atom stereocenters. The number of hydrogen-bond donors (Lipinski definition) is 2. The lowest BCUT2D eigenvalue weighted by molar-refractivity contribution is -0.131. The van der Waals surface area contributed by atoms with Crippen molar-refractivity contribution >= 4 is 34.4 Å². The number of carbonyl (C=O) groups excluding carboxylic acids is 1. The van der Waals surface area contributed by atoms with E-state index in [0.717, 1.165) is 61.3 Å². The number of thioether (sulfide) groups is 1. The Labute approximate surface area is 210 Å². The molecule has 10 nitrogen and oxygen atoms in total.